The maximum atomic E-state index is 13.2. The van der Waals surface area contributed by atoms with Gasteiger partial charge in [0.2, 0.25) is 5.91 Å². The van der Waals surface area contributed by atoms with Crippen LogP contribution in [0.3, 0.4) is 0 Å². The molecule has 2 amide bonds. The quantitative estimate of drug-likeness (QED) is 0.648. The first-order valence-corrected chi connectivity index (χ1v) is 9.46. The van der Waals surface area contributed by atoms with Crippen molar-refractivity contribution in [2.45, 2.75) is 13.8 Å². The van der Waals surface area contributed by atoms with Gasteiger partial charge in [-0.25, -0.2) is 9.07 Å². The molecule has 0 aliphatic heterocycles. The summed E-state index contributed by atoms with van der Waals surface area (Å²) in [6.45, 7) is 3.83. The van der Waals surface area contributed by atoms with Crippen molar-refractivity contribution < 1.29 is 18.7 Å². The average Bonchev–Trinajstić information content (AvgIpc) is 3.14. The summed E-state index contributed by atoms with van der Waals surface area (Å²) in [5.41, 5.74) is 2.26. The lowest BCUT2D eigenvalue weighted by Crippen LogP contribution is -2.38. The molecule has 30 heavy (non-hydrogen) atoms. The molecule has 0 radical (unpaired) electrons. The highest BCUT2D eigenvalue weighted by Gasteiger charge is 2.22. The first-order valence-electron chi connectivity index (χ1n) is 9.46. The molecule has 0 saturated carbocycles. The summed E-state index contributed by atoms with van der Waals surface area (Å²) < 4.78 is 19.8. The number of methoxy groups -OCH3 is 1. The molecule has 0 unspecified atom stereocenters. The molecule has 0 spiro atoms. The van der Waals surface area contributed by atoms with E-state index in [4.69, 9.17) is 4.74 Å². The van der Waals surface area contributed by atoms with E-state index in [-0.39, 0.29) is 24.2 Å². The SMILES string of the molecule is CCN(CC(=O)Nc1ccc(OC)cc1)C(=O)c1cnn(-c2ccc(F)cc2)c1C. The minimum atomic E-state index is -0.347. The Morgan fingerprint density at radius 1 is 1.13 bits per heavy atom. The van der Waals surface area contributed by atoms with E-state index >= 15 is 0 Å². The topological polar surface area (TPSA) is 76.5 Å². The average molecular weight is 410 g/mol. The summed E-state index contributed by atoms with van der Waals surface area (Å²) in [5, 5.41) is 7.02. The smallest absolute Gasteiger partial charge is 0.257 e. The van der Waals surface area contributed by atoms with Crippen molar-refractivity contribution in [1.29, 1.82) is 0 Å². The van der Waals surface area contributed by atoms with Crippen LogP contribution >= 0.6 is 0 Å². The fourth-order valence-corrected chi connectivity index (χ4v) is 3.01. The highest BCUT2D eigenvalue weighted by atomic mass is 19.1. The van der Waals surface area contributed by atoms with Gasteiger partial charge < -0.3 is 15.0 Å². The number of nitrogens with zero attached hydrogens (tertiary/aromatic N) is 3. The number of likely N-dealkylation sites (N-methyl/N-ethyl adjacent to an activating group) is 1. The van der Waals surface area contributed by atoms with Crippen molar-refractivity contribution in [2.75, 3.05) is 25.5 Å². The third kappa shape index (κ3) is 4.65. The molecular formula is C22H23FN4O3. The number of hydrogen-bond acceptors (Lipinski definition) is 4. The van der Waals surface area contributed by atoms with Crippen LogP contribution < -0.4 is 10.1 Å². The van der Waals surface area contributed by atoms with E-state index in [0.717, 1.165) is 0 Å². The number of rotatable bonds is 7. The van der Waals surface area contributed by atoms with Crippen LogP contribution in [0.15, 0.2) is 54.7 Å². The maximum absolute atomic E-state index is 13.2. The summed E-state index contributed by atoms with van der Waals surface area (Å²) in [6.07, 6.45) is 1.46. The number of nitrogens with one attached hydrogen (secondary N) is 1. The summed E-state index contributed by atoms with van der Waals surface area (Å²) in [5.74, 6) is -0.265. The summed E-state index contributed by atoms with van der Waals surface area (Å²) >= 11 is 0. The van der Waals surface area contributed by atoms with Gasteiger partial charge in [0.05, 0.1) is 30.3 Å². The molecule has 0 aliphatic carbocycles. The maximum Gasteiger partial charge on any atom is 0.257 e. The minimum Gasteiger partial charge on any atom is -0.497 e. The number of halogens is 1. The monoisotopic (exact) mass is 410 g/mol. The molecule has 0 atom stereocenters. The molecule has 3 rings (SSSR count). The van der Waals surface area contributed by atoms with E-state index in [1.54, 1.807) is 62.0 Å². The van der Waals surface area contributed by atoms with Gasteiger partial charge in [0.1, 0.15) is 18.1 Å². The molecule has 156 valence electrons. The van der Waals surface area contributed by atoms with E-state index in [2.05, 4.69) is 10.4 Å². The third-order valence-electron chi connectivity index (χ3n) is 4.69. The van der Waals surface area contributed by atoms with E-state index < -0.39 is 0 Å². The van der Waals surface area contributed by atoms with Crippen molar-refractivity contribution >= 4 is 17.5 Å². The van der Waals surface area contributed by atoms with Gasteiger partial charge in [0.15, 0.2) is 0 Å². The minimum absolute atomic E-state index is 0.0947. The van der Waals surface area contributed by atoms with E-state index in [0.29, 0.717) is 34.9 Å². The zero-order valence-corrected chi connectivity index (χ0v) is 17.1. The summed E-state index contributed by atoms with van der Waals surface area (Å²) in [4.78, 5) is 26.8. The lowest BCUT2D eigenvalue weighted by molar-refractivity contribution is -0.116. The fourth-order valence-electron chi connectivity index (χ4n) is 3.01. The second-order valence-corrected chi connectivity index (χ2v) is 6.63. The first kappa shape index (κ1) is 21.0. The zero-order chi connectivity index (χ0) is 21.7. The van der Waals surface area contributed by atoms with Crippen LogP contribution in [-0.2, 0) is 4.79 Å². The first-order chi connectivity index (χ1) is 14.4. The Labute approximate surface area is 174 Å². The van der Waals surface area contributed by atoms with Crippen molar-refractivity contribution in [1.82, 2.24) is 14.7 Å². The molecule has 1 N–H and O–H groups in total. The van der Waals surface area contributed by atoms with Gasteiger partial charge >= 0.3 is 0 Å². The predicted octanol–water partition coefficient (Wildman–Crippen LogP) is 3.43. The molecule has 3 aromatic rings. The Bertz CT molecular complexity index is 1030. The molecular weight excluding hydrogens is 387 g/mol. The molecule has 0 aliphatic rings. The summed E-state index contributed by atoms with van der Waals surface area (Å²) in [7, 11) is 1.57. The molecule has 1 heterocycles. The van der Waals surface area contributed by atoms with E-state index in [9.17, 15) is 14.0 Å². The predicted molar refractivity (Wildman–Crippen MR) is 111 cm³/mol. The fraction of sp³-hybridized carbons (Fsp3) is 0.227. The van der Waals surface area contributed by atoms with Crippen molar-refractivity contribution in [3.05, 3.63) is 71.8 Å². The van der Waals surface area contributed by atoms with Gasteiger partial charge in [-0.05, 0) is 62.4 Å². The Morgan fingerprint density at radius 3 is 2.40 bits per heavy atom. The van der Waals surface area contributed by atoms with Crippen LogP contribution in [0, 0.1) is 12.7 Å². The molecule has 8 heteroatoms. The molecule has 0 fully saturated rings. The van der Waals surface area contributed by atoms with Crippen LogP contribution in [0.1, 0.15) is 23.0 Å². The molecule has 0 bridgehead atoms. The van der Waals surface area contributed by atoms with Crippen molar-refractivity contribution in [2.24, 2.45) is 0 Å². The summed E-state index contributed by atoms with van der Waals surface area (Å²) in [6, 6.07) is 12.8. The normalized spacial score (nSPS) is 10.5. The third-order valence-corrected chi connectivity index (χ3v) is 4.69. The van der Waals surface area contributed by atoms with Crippen molar-refractivity contribution in [3.63, 3.8) is 0 Å². The van der Waals surface area contributed by atoms with Gasteiger partial charge in [0.25, 0.3) is 5.91 Å². The Hall–Kier alpha value is -3.68. The second-order valence-electron chi connectivity index (χ2n) is 6.63. The highest BCUT2D eigenvalue weighted by molar-refractivity contribution is 5.99. The van der Waals surface area contributed by atoms with Gasteiger partial charge in [-0.15, -0.1) is 0 Å². The van der Waals surface area contributed by atoms with Crippen LogP contribution in [0.5, 0.6) is 5.75 Å². The van der Waals surface area contributed by atoms with Gasteiger partial charge in [-0.2, -0.15) is 5.10 Å². The lowest BCUT2D eigenvalue weighted by Gasteiger charge is -2.20. The number of anilines is 1. The Morgan fingerprint density at radius 2 is 1.80 bits per heavy atom. The molecule has 7 nitrogen and oxygen atoms in total. The van der Waals surface area contributed by atoms with Crippen molar-refractivity contribution in [3.8, 4) is 11.4 Å². The standard InChI is InChI=1S/C22H23FN4O3/c1-4-26(14-21(28)25-17-7-11-19(30-3)12-8-17)22(29)20-13-24-27(15(20)2)18-9-5-16(23)6-10-18/h5-13H,4,14H2,1-3H3,(H,25,28). The number of aromatic nitrogens is 2. The number of carbonyl (C=O) groups is 2. The second kappa shape index (κ2) is 9.21. The molecule has 2 aromatic carbocycles. The largest absolute Gasteiger partial charge is 0.497 e. The van der Waals surface area contributed by atoms with Gasteiger partial charge in [-0.3, -0.25) is 9.59 Å². The van der Waals surface area contributed by atoms with Crippen LogP contribution in [0.2, 0.25) is 0 Å². The van der Waals surface area contributed by atoms with Gasteiger partial charge in [-0.1, -0.05) is 0 Å². The molecule has 0 saturated heterocycles. The molecule has 1 aromatic heterocycles. The number of ether oxygens (including phenoxy) is 1. The Kier molecular flexibility index (Phi) is 6.46. The van der Waals surface area contributed by atoms with Crippen LogP contribution in [0.4, 0.5) is 10.1 Å². The number of hydrogen-bond donors (Lipinski definition) is 1. The number of carbonyl (C=O) groups excluding carboxylic acids is 2. The highest BCUT2D eigenvalue weighted by Crippen LogP contribution is 2.17. The lowest BCUT2D eigenvalue weighted by atomic mass is 10.2. The van der Waals surface area contributed by atoms with Crippen LogP contribution in [0.25, 0.3) is 5.69 Å². The van der Waals surface area contributed by atoms with E-state index in [1.165, 1.54) is 23.2 Å². The van der Waals surface area contributed by atoms with E-state index in [1.807, 2.05) is 0 Å². The van der Waals surface area contributed by atoms with Gasteiger partial charge in [0, 0.05) is 12.2 Å². The Balaban J connectivity index is 1.71. The number of benzene rings is 2. The number of amides is 2. The zero-order valence-electron chi connectivity index (χ0n) is 17.1. The van der Waals surface area contributed by atoms with Crippen LogP contribution in [-0.4, -0.2) is 46.7 Å².